The Balaban J connectivity index is 2.51. The van der Waals surface area contributed by atoms with Crippen molar-refractivity contribution in [1.29, 1.82) is 0 Å². The molecule has 0 amide bonds. The maximum Gasteiger partial charge on any atom is 0.258 e. The molecule has 0 atom stereocenters. The van der Waals surface area contributed by atoms with Crippen molar-refractivity contribution in [3.05, 3.63) is 52.6 Å². The van der Waals surface area contributed by atoms with Gasteiger partial charge in [-0.15, -0.1) is 0 Å². The van der Waals surface area contributed by atoms with Crippen molar-refractivity contribution in [3.63, 3.8) is 0 Å². The summed E-state index contributed by atoms with van der Waals surface area (Å²) in [6.45, 7) is 0. The summed E-state index contributed by atoms with van der Waals surface area (Å²) in [4.78, 5) is 18.8. The van der Waals surface area contributed by atoms with E-state index in [2.05, 4.69) is 9.97 Å². The number of halogens is 3. The first-order chi connectivity index (χ1) is 8.97. The summed E-state index contributed by atoms with van der Waals surface area (Å²) >= 11 is 17.3. The molecule has 0 aliphatic carbocycles. The fourth-order valence-corrected chi connectivity index (χ4v) is 2.28. The molecule has 1 heterocycles. The lowest BCUT2D eigenvalue weighted by molar-refractivity contribution is 0.976. The highest BCUT2D eigenvalue weighted by atomic mass is 35.6. The number of H-pyrrole nitrogens is 1. The summed E-state index contributed by atoms with van der Waals surface area (Å²) in [7, 11) is 0. The van der Waals surface area contributed by atoms with Crippen LogP contribution < -0.4 is 5.56 Å². The second kappa shape index (κ2) is 4.37. The summed E-state index contributed by atoms with van der Waals surface area (Å²) in [6.07, 6.45) is 0. The molecule has 0 fully saturated rings. The van der Waals surface area contributed by atoms with Gasteiger partial charge in [0.15, 0.2) is 5.82 Å². The first-order valence-corrected chi connectivity index (χ1v) is 6.59. The number of hydrogen-bond donors (Lipinski definition) is 1. The smallest absolute Gasteiger partial charge is 0.258 e. The largest absolute Gasteiger partial charge is 0.306 e. The number of fused-ring (bicyclic) bond motifs is 3. The molecular weight excluding hydrogens is 307 g/mol. The maximum atomic E-state index is 12.0. The van der Waals surface area contributed by atoms with Gasteiger partial charge in [-0.05, 0) is 11.5 Å². The van der Waals surface area contributed by atoms with Crippen LogP contribution in [0, 0.1) is 0 Å². The first-order valence-electron chi connectivity index (χ1n) is 5.46. The monoisotopic (exact) mass is 312 g/mol. The van der Waals surface area contributed by atoms with Crippen molar-refractivity contribution < 1.29 is 0 Å². The molecule has 3 nitrogen and oxygen atoms in total. The van der Waals surface area contributed by atoms with Crippen molar-refractivity contribution in [2.75, 3.05) is 0 Å². The predicted octanol–water partition coefficient (Wildman–Crippen LogP) is 3.90. The Hall–Kier alpha value is -1.29. The number of benzene rings is 2. The third-order valence-electron chi connectivity index (χ3n) is 2.87. The van der Waals surface area contributed by atoms with Crippen molar-refractivity contribution >= 4 is 56.5 Å². The molecule has 0 spiro atoms. The second-order valence-corrected chi connectivity index (χ2v) is 6.38. The maximum absolute atomic E-state index is 12.0. The van der Waals surface area contributed by atoms with Gasteiger partial charge in [0.1, 0.15) is 0 Å². The van der Waals surface area contributed by atoms with Gasteiger partial charge in [-0.25, -0.2) is 4.98 Å². The Bertz CT molecular complexity index is 837. The van der Waals surface area contributed by atoms with Crippen LogP contribution in [0.25, 0.3) is 21.7 Å². The minimum absolute atomic E-state index is 0.0198. The van der Waals surface area contributed by atoms with Crippen LogP contribution in [0.5, 0.6) is 0 Å². The van der Waals surface area contributed by atoms with Crippen LogP contribution in [-0.2, 0) is 3.79 Å². The van der Waals surface area contributed by atoms with Gasteiger partial charge < -0.3 is 4.98 Å². The molecule has 0 radical (unpaired) electrons. The van der Waals surface area contributed by atoms with Crippen molar-refractivity contribution in [2.24, 2.45) is 0 Å². The van der Waals surface area contributed by atoms with E-state index in [0.29, 0.717) is 10.9 Å². The SMILES string of the molecule is O=c1[nH]c(C(Cl)(Cl)Cl)nc2c1ccc1ccccc12. The molecule has 3 aromatic rings. The third-order valence-corrected chi connectivity index (χ3v) is 3.41. The molecule has 0 saturated heterocycles. The van der Waals surface area contributed by atoms with Gasteiger partial charge >= 0.3 is 0 Å². The number of rotatable bonds is 0. The average molecular weight is 314 g/mol. The van der Waals surface area contributed by atoms with E-state index >= 15 is 0 Å². The number of hydrogen-bond acceptors (Lipinski definition) is 2. The van der Waals surface area contributed by atoms with E-state index in [-0.39, 0.29) is 11.4 Å². The fourth-order valence-electron chi connectivity index (χ4n) is 2.01. The second-order valence-electron chi connectivity index (χ2n) is 4.10. The van der Waals surface area contributed by atoms with Crippen LogP contribution in [0.4, 0.5) is 0 Å². The molecule has 1 N–H and O–H groups in total. The van der Waals surface area contributed by atoms with Gasteiger partial charge in [0.05, 0.1) is 10.9 Å². The molecule has 19 heavy (non-hydrogen) atoms. The highest BCUT2D eigenvalue weighted by Gasteiger charge is 2.26. The van der Waals surface area contributed by atoms with E-state index in [1.54, 1.807) is 6.07 Å². The fraction of sp³-hybridized carbons (Fsp3) is 0.0769. The lowest BCUT2D eigenvalue weighted by Gasteiger charge is -2.11. The third kappa shape index (κ3) is 2.18. The summed E-state index contributed by atoms with van der Waals surface area (Å²) in [5.41, 5.74) is 0.209. The Labute approximate surface area is 123 Å². The molecule has 0 saturated carbocycles. The summed E-state index contributed by atoms with van der Waals surface area (Å²) in [6, 6.07) is 11.2. The molecule has 96 valence electrons. The van der Waals surface area contributed by atoms with E-state index in [1.807, 2.05) is 30.3 Å². The minimum atomic E-state index is -1.76. The van der Waals surface area contributed by atoms with Crippen LogP contribution in [0.2, 0.25) is 0 Å². The highest BCUT2D eigenvalue weighted by Crippen LogP contribution is 2.36. The number of nitrogens with zero attached hydrogens (tertiary/aromatic N) is 1. The van der Waals surface area contributed by atoms with Crippen molar-refractivity contribution in [1.82, 2.24) is 9.97 Å². The molecule has 0 aliphatic rings. The van der Waals surface area contributed by atoms with E-state index in [1.165, 1.54) is 0 Å². The molecule has 3 rings (SSSR count). The van der Waals surface area contributed by atoms with Crippen LogP contribution in [0.3, 0.4) is 0 Å². The normalized spacial score (nSPS) is 12.2. The van der Waals surface area contributed by atoms with Gasteiger partial charge in [-0.1, -0.05) is 65.1 Å². The summed E-state index contributed by atoms with van der Waals surface area (Å²) in [5.74, 6) is 0.0198. The van der Waals surface area contributed by atoms with E-state index in [0.717, 1.165) is 10.8 Å². The summed E-state index contributed by atoms with van der Waals surface area (Å²) in [5, 5.41) is 2.29. The van der Waals surface area contributed by atoms with Crippen molar-refractivity contribution in [3.8, 4) is 0 Å². The molecule has 6 heteroatoms. The predicted molar refractivity (Wildman–Crippen MR) is 79.1 cm³/mol. The zero-order valence-electron chi connectivity index (χ0n) is 9.45. The van der Waals surface area contributed by atoms with Gasteiger partial charge in [0.25, 0.3) is 5.56 Å². The quantitative estimate of drug-likeness (QED) is 0.505. The lowest BCUT2D eigenvalue weighted by Crippen LogP contribution is -2.17. The molecule has 0 unspecified atom stereocenters. The zero-order valence-corrected chi connectivity index (χ0v) is 11.7. The van der Waals surface area contributed by atoms with Gasteiger partial charge in [0, 0.05) is 5.39 Å². The number of aromatic nitrogens is 2. The Kier molecular flexibility index (Phi) is 2.93. The zero-order chi connectivity index (χ0) is 13.6. The first kappa shape index (κ1) is 12.7. The Morgan fingerprint density at radius 3 is 2.47 bits per heavy atom. The minimum Gasteiger partial charge on any atom is -0.306 e. The van der Waals surface area contributed by atoms with Gasteiger partial charge in [0.2, 0.25) is 3.79 Å². The Morgan fingerprint density at radius 1 is 1.00 bits per heavy atom. The topological polar surface area (TPSA) is 45.8 Å². The van der Waals surface area contributed by atoms with Gasteiger partial charge in [-0.3, -0.25) is 4.79 Å². The Morgan fingerprint density at radius 2 is 1.74 bits per heavy atom. The molecular formula is C13H7Cl3N2O. The standard InChI is InChI=1S/C13H7Cl3N2O/c14-13(15,16)12-17-10-8-4-2-1-3-7(8)5-6-9(10)11(19)18-12/h1-6H,(H,17,18,19). The molecule has 0 aliphatic heterocycles. The highest BCUT2D eigenvalue weighted by molar-refractivity contribution is 6.66. The number of nitrogens with one attached hydrogen (secondary N) is 1. The summed E-state index contributed by atoms with van der Waals surface area (Å²) < 4.78 is -1.76. The number of aromatic amines is 1. The molecule has 2 aromatic carbocycles. The van der Waals surface area contributed by atoms with E-state index in [9.17, 15) is 4.79 Å². The number of alkyl halides is 3. The lowest BCUT2D eigenvalue weighted by atomic mass is 10.1. The molecule has 1 aromatic heterocycles. The average Bonchev–Trinajstić information content (AvgIpc) is 2.37. The van der Waals surface area contributed by atoms with Crippen LogP contribution in [0.1, 0.15) is 5.82 Å². The molecule has 0 bridgehead atoms. The van der Waals surface area contributed by atoms with Crippen LogP contribution >= 0.6 is 34.8 Å². The van der Waals surface area contributed by atoms with Crippen LogP contribution in [-0.4, -0.2) is 9.97 Å². The van der Waals surface area contributed by atoms with Gasteiger partial charge in [-0.2, -0.15) is 0 Å². The van der Waals surface area contributed by atoms with Crippen LogP contribution in [0.15, 0.2) is 41.2 Å². The van der Waals surface area contributed by atoms with Crippen molar-refractivity contribution in [2.45, 2.75) is 3.79 Å². The van der Waals surface area contributed by atoms with E-state index < -0.39 is 3.79 Å². The van der Waals surface area contributed by atoms with E-state index in [4.69, 9.17) is 34.8 Å².